The lowest BCUT2D eigenvalue weighted by Gasteiger charge is -2.22. The van der Waals surface area contributed by atoms with E-state index in [1.165, 1.54) is 11.1 Å². The van der Waals surface area contributed by atoms with E-state index in [1.807, 2.05) is 29.3 Å². The van der Waals surface area contributed by atoms with E-state index in [0.29, 0.717) is 13.0 Å². The van der Waals surface area contributed by atoms with Gasteiger partial charge in [0.2, 0.25) is 5.91 Å². The molecule has 1 saturated heterocycles. The van der Waals surface area contributed by atoms with Gasteiger partial charge in [-0.3, -0.25) is 14.7 Å². The molecule has 0 spiro atoms. The van der Waals surface area contributed by atoms with Gasteiger partial charge in [-0.1, -0.05) is 48.0 Å². The van der Waals surface area contributed by atoms with Gasteiger partial charge in [-0.25, -0.2) is 0 Å². The fourth-order valence-corrected chi connectivity index (χ4v) is 3.18. The molecule has 1 amide bonds. The molecule has 1 aliphatic heterocycles. The molecule has 0 unspecified atom stereocenters. The van der Waals surface area contributed by atoms with Gasteiger partial charge >= 0.3 is 0 Å². The molecule has 4 heteroatoms. The number of hydrogen-bond acceptors (Lipinski definition) is 3. The third-order valence-corrected chi connectivity index (χ3v) is 4.46. The van der Waals surface area contributed by atoms with Crippen molar-refractivity contribution in [2.45, 2.75) is 19.9 Å². The van der Waals surface area contributed by atoms with Gasteiger partial charge in [0.25, 0.3) is 0 Å². The van der Waals surface area contributed by atoms with Crippen molar-refractivity contribution in [2.24, 2.45) is 0 Å². The van der Waals surface area contributed by atoms with Crippen LogP contribution >= 0.6 is 0 Å². The number of carbonyl (C=O) groups is 1. The second kappa shape index (κ2) is 8.58. The second-order valence-electron chi connectivity index (χ2n) is 6.60. The van der Waals surface area contributed by atoms with Crippen molar-refractivity contribution in [2.75, 3.05) is 26.2 Å². The molecule has 0 N–H and O–H groups in total. The van der Waals surface area contributed by atoms with Crippen LogP contribution in [0.1, 0.15) is 24.5 Å². The van der Waals surface area contributed by atoms with Gasteiger partial charge in [0.05, 0.1) is 0 Å². The molecule has 0 saturated carbocycles. The van der Waals surface area contributed by atoms with E-state index in [2.05, 4.69) is 47.1 Å². The number of benzene rings is 1. The number of pyridine rings is 1. The molecule has 3 rings (SSSR count). The standard InChI is InChI=1S/C21H25N3O/c1-18(14-19-6-3-2-4-7-19)16-23-11-9-21(25)24(13-12-23)17-20-8-5-10-22-15-20/h2-8,10,14-15H,9,11-13,16-17H2,1H3/b18-14+. The molecular formula is C21H25N3O. The summed E-state index contributed by atoms with van der Waals surface area (Å²) in [4.78, 5) is 20.9. The molecule has 1 aromatic heterocycles. The summed E-state index contributed by atoms with van der Waals surface area (Å²) in [6.45, 7) is 6.22. The molecule has 0 atom stereocenters. The van der Waals surface area contributed by atoms with E-state index in [9.17, 15) is 4.79 Å². The van der Waals surface area contributed by atoms with Crippen molar-refractivity contribution >= 4 is 12.0 Å². The number of amides is 1. The average molecular weight is 335 g/mol. The maximum Gasteiger partial charge on any atom is 0.224 e. The Hall–Kier alpha value is -2.46. The molecule has 2 heterocycles. The zero-order valence-electron chi connectivity index (χ0n) is 14.8. The summed E-state index contributed by atoms with van der Waals surface area (Å²) < 4.78 is 0. The molecule has 0 bridgehead atoms. The predicted octanol–water partition coefficient (Wildman–Crippen LogP) is 3.22. The summed E-state index contributed by atoms with van der Waals surface area (Å²) in [5.74, 6) is 0.232. The van der Waals surface area contributed by atoms with Gasteiger partial charge < -0.3 is 4.90 Å². The van der Waals surface area contributed by atoms with Crippen LogP contribution in [0.2, 0.25) is 0 Å². The molecule has 0 aliphatic carbocycles. The Bertz CT molecular complexity index is 712. The maximum atomic E-state index is 12.4. The smallest absolute Gasteiger partial charge is 0.224 e. The lowest BCUT2D eigenvalue weighted by molar-refractivity contribution is -0.130. The van der Waals surface area contributed by atoms with E-state index < -0.39 is 0 Å². The number of hydrogen-bond donors (Lipinski definition) is 0. The van der Waals surface area contributed by atoms with Gasteiger partial charge in [0.15, 0.2) is 0 Å². The molecular weight excluding hydrogens is 310 g/mol. The topological polar surface area (TPSA) is 36.4 Å². The predicted molar refractivity (Wildman–Crippen MR) is 101 cm³/mol. The first kappa shape index (κ1) is 17.4. The van der Waals surface area contributed by atoms with Crippen molar-refractivity contribution in [1.29, 1.82) is 0 Å². The van der Waals surface area contributed by atoms with Crippen LogP contribution in [0.25, 0.3) is 6.08 Å². The minimum absolute atomic E-state index is 0.232. The van der Waals surface area contributed by atoms with E-state index in [1.54, 1.807) is 6.20 Å². The van der Waals surface area contributed by atoms with Crippen LogP contribution in [0.15, 0.2) is 60.4 Å². The lowest BCUT2D eigenvalue weighted by atomic mass is 10.1. The maximum absolute atomic E-state index is 12.4. The van der Waals surface area contributed by atoms with Crippen molar-refractivity contribution in [3.05, 3.63) is 71.6 Å². The highest BCUT2D eigenvalue weighted by molar-refractivity contribution is 5.76. The van der Waals surface area contributed by atoms with Gasteiger partial charge in [-0.15, -0.1) is 0 Å². The van der Waals surface area contributed by atoms with E-state index in [0.717, 1.165) is 31.7 Å². The third-order valence-electron chi connectivity index (χ3n) is 4.46. The summed E-state index contributed by atoms with van der Waals surface area (Å²) in [6, 6.07) is 14.3. The highest BCUT2D eigenvalue weighted by Gasteiger charge is 2.21. The Kier molecular flexibility index (Phi) is 5.96. The summed E-state index contributed by atoms with van der Waals surface area (Å²) in [6.07, 6.45) is 6.40. The van der Waals surface area contributed by atoms with Crippen molar-refractivity contribution in [3.63, 3.8) is 0 Å². The Morgan fingerprint density at radius 1 is 1.12 bits per heavy atom. The fourth-order valence-electron chi connectivity index (χ4n) is 3.18. The number of aromatic nitrogens is 1. The normalized spacial score (nSPS) is 16.8. The minimum Gasteiger partial charge on any atom is -0.337 e. The average Bonchev–Trinajstić information content (AvgIpc) is 2.79. The molecule has 2 aromatic rings. The van der Waals surface area contributed by atoms with Crippen LogP contribution in [0, 0.1) is 0 Å². The summed E-state index contributed by atoms with van der Waals surface area (Å²) in [5, 5.41) is 0. The van der Waals surface area contributed by atoms with E-state index in [4.69, 9.17) is 0 Å². The first-order chi connectivity index (χ1) is 12.2. The molecule has 25 heavy (non-hydrogen) atoms. The van der Waals surface area contributed by atoms with Gasteiger partial charge in [-0.2, -0.15) is 0 Å². The monoisotopic (exact) mass is 335 g/mol. The molecule has 1 aliphatic rings. The minimum atomic E-state index is 0.232. The summed E-state index contributed by atoms with van der Waals surface area (Å²) in [7, 11) is 0. The SMILES string of the molecule is C/C(=C\c1ccccc1)CN1CCC(=O)N(Cc2cccnc2)CC1. The van der Waals surface area contributed by atoms with Crippen molar-refractivity contribution in [1.82, 2.24) is 14.8 Å². The van der Waals surface area contributed by atoms with Crippen LogP contribution in [0.5, 0.6) is 0 Å². The van der Waals surface area contributed by atoms with Crippen LogP contribution < -0.4 is 0 Å². The molecule has 4 nitrogen and oxygen atoms in total. The largest absolute Gasteiger partial charge is 0.337 e. The summed E-state index contributed by atoms with van der Waals surface area (Å²) in [5.41, 5.74) is 3.63. The first-order valence-corrected chi connectivity index (χ1v) is 8.82. The Balaban J connectivity index is 1.57. The zero-order valence-corrected chi connectivity index (χ0v) is 14.8. The van der Waals surface area contributed by atoms with Gasteiger partial charge in [-0.05, 0) is 24.1 Å². The zero-order chi connectivity index (χ0) is 17.5. The highest BCUT2D eigenvalue weighted by atomic mass is 16.2. The molecule has 1 aromatic carbocycles. The van der Waals surface area contributed by atoms with Crippen molar-refractivity contribution in [3.8, 4) is 0 Å². The molecule has 1 fully saturated rings. The quantitative estimate of drug-likeness (QED) is 0.842. The number of carbonyl (C=O) groups excluding carboxylic acids is 1. The van der Waals surface area contributed by atoms with Crippen LogP contribution in [0.4, 0.5) is 0 Å². The second-order valence-corrected chi connectivity index (χ2v) is 6.60. The van der Waals surface area contributed by atoms with E-state index in [-0.39, 0.29) is 5.91 Å². The Labute approximate surface area is 149 Å². The Morgan fingerprint density at radius 3 is 2.72 bits per heavy atom. The molecule has 0 radical (unpaired) electrons. The van der Waals surface area contributed by atoms with Crippen LogP contribution in [-0.4, -0.2) is 46.9 Å². The number of nitrogens with zero attached hydrogens (tertiary/aromatic N) is 3. The fraction of sp³-hybridized carbons (Fsp3) is 0.333. The third kappa shape index (κ3) is 5.26. The van der Waals surface area contributed by atoms with Gasteiger partial charge in [0.1, 0.15) is 0 Å². The molecule has 130 valence electrons. The lowest BCUT2D eigenvalue weighted by Crippen LogP contribution is -2.33. The van der Waals surface area contributed by atoms with Crippen molar-refractivity contribution < 1.29 is 4.79 Å². The highest BCUT2D eigenvalue weighted by Crippen LogP contribution is 2.12. The number of rotatable bonds is 5. The first-order valence-electron chi connectivity index (χ1n) is 8.82. The van der Waals surface area contributed by atoms with Crippen LogP contribution in [0.3, 0.4) is 0 Å². The van der Waals surface area contributed by atoms with E-state index >= 15 is 0 Å². The van der Waals surface area contributed by atoms with Crippen LogP contribution in [-0.2, 0) is 11.3 Å². The summed E-state index contributed by atoms with van der Waals surface area (Å²) >= 11 is 0. The van der Waals surface area contributed by atoms with Gasteiger partial charge in [0, 0.05) is 51.5 Å². The Morgan fingerprint density at radius 2 is 1.96 bits per heavy atom.